The van der Waals surface area contributed by atoms with E-state index in [2.05, 4.69) is 27.7 Å². The van der Waals surface area contributed by atoms with Gasteiger partial charge in [0.25, 0.3) is 10.1 Å². The lowest BCUT2D eigenvalue weighted by atomic mass is 9.74. The summed E-state index contributed by atoms with van der Waals surface area (Å²) in [4.78, 5) is 23.8. The molecule has 9 nitrogen and oxygen atoms in total. The maximum absolute atomic E-state index is 12.1. The summed E-state index contributed by atoms with van der Waals surface area (Å²) < 4.78 is 33.2. The lowest BCUT2D eigenvalue weighted by Crippen LogP contribution is -2.59. The number of rotatable bonds is 20. The van der Waals surface area contributed by atoms with Crippen LogP contribution in [0.15, 0.2) is 0 Å². The average Bonchev–Trinajstić information content (AvgIpc) is 2.63. The van der Waals surface area contributed by atoms with Crippen LogP contribution in [0.4, 0.5) is 0 Å². The number of quaternary nitrogens is 2. The van der Waals surface area contributed by atoms with E-state index >= 15 is 0 Å². The van der Waals surface area contributed by atoms with Crippen molar-refractivity contribution in [1.29, 1.82) is 0 Å². The van der Waals surface area contributed by atoms with Crippen molar-refractivity contribution in [3.8, 4) is 0 Å². The van der Waals surface area contributed by atoms with Crippen molar-refractivity contribution in [2.45, 2.75) is 123 Å². The minimum absolute atomic E-state index is 0. The van der Waals surface area contributed by atoms with E-state index in [0.29, 0.717) is 37.5 Å². The highest BCUT2D eigenvalue weighted by Crippen LogP contribution is 2.38. The standard InChI is InChI=1S/C24H46O7S.2H3N/c1-19(2)15-11-7-5-9-13-17-24(23(27)28,21(22(25)26)32(29,30)31)18-14-10-6-8-12-16-20(3)4;;/h19-21H,5-18H2,1-4H3,(H,25,26)(H,27,28)(H,29,30,31);2*1H3. The molecule has 0 amide bonds. The first-order valence-corrected chi connectivity index (χ1v) is 13.7. The highest BCUT2D eigenvalue weighted by atomic mass is 32.2. The maximum atomic E-state index is 12.1. The van der Waals surface area contributed by atoms with Gasteiger partial charge in [-0.05, 0) is 24.7 Å². The zero-order valence-corrected chi connectivity index (χ0v) is 23.3. The molecule has 0 spiro atoms. The van der Waals surface area contributed by atoms with Crippen molar-refractivity contribution >= 4 is 22.1 Å². The number of carbonyl (C=O) groups excluding carboxylic acids is 2. The first-order chi connectivity index (χ1) is 14.8. The van der Waals surface area contributed by atoms with Gasteiger partial charge in [0.05, 0.1) is 5.97 Å². The number of carbonyl (C=O) groups is 2. The molecule has 0 aliphatic rings. The topological polar surface area (TPSA) is 208 Å². The summed E-state index contributed by atoms with van der Waals surface area (Å²) in [6.07, 6.45) is 9.68. The molecule has 0 radical (unpaired) electrons. The molecule has 10 heteroatoms. The van der Waals surface area contributed by atoms with Crippen molar-refractivity contribution in [1.82, 2.24) is 12.3 Å². The Balaban J connectivity index is -0.00000480. The van der Waals surface area contributed by atoms with Crippen molar-refractivity contribution < 1.29 is 32.8 Å². The Labute approximate surface area is 207 Å². The predicted octanol–water partition coefficient (Wildman–Crippen LogP) is 4.25. The number of hydrogen-bond acceptors (Lipinski definition) is 6. The summed E-state index contributed by atoms with van der Waals surface area (Å²) in [5.74, 6) is -2.61. The van der Waals surface area contributed by atoms with Gasteiger partial charge in [0, 0.05) is 11.4 Å². The molecule has 9 N–H and O–H groups in total. The van der Waals surface area contributed by atoms with Gasteiger partial charge < -0.3 is 32.1 Å². The summed E-state index contributed by atoms with van der Waals surface area (Å²) in [5.41, 5.74) is -2.19. The molecule has 0 bridgehead atoms. The third-order valence-corrected chi connectivity index (χ3v) is 7.47. The second-order valence-electron chi connectivity index (χ2n) is 10.1. The van der Waals surface area contributed by atoms with Crippen LogP contribution in [-0.4, -0.2) is 30.2 Å². The molecule has 0 saturated heterocycles. The molecule has 0 aromatic heterocycles. The molecular formula is C24H52N2O7S. The molecule has 1 unspecified atom stereocenters. The molecule has 0 aliphatic heterocycles. The fourth-order valence-electron chi connectivity index (χ4n) is 4.38. The lowest BCUT2D eigenvalue weighted by molar-refractivity contribution is -0.328. The number of aliphatic carboxylic acids is 2. The van der Waals surface area contributed by atoms with Gasteiger partial charge in [-0.3, -0.25) is 4.55 Å². The van der Waals surface area contributed by atoms with Gasteiger partial charge in [-0.25, -0.2) is 0 Å². The Morgan fingerprint density at radius 3 is 1.29 bits per heavy atom. The highest BCUT2D eigenvalue weighted by molar-refractivity contribution is 7.87. The lowest BCUT2D eigenvalue weighted by Gasteiger charge is -2.40. The zero-order chi connectivity index (χ0) is 24.8. The smallest absolute Gasteiger partial charge is 0.274 e. The van der Waals surface area contributed by atoms with Gasteiger partial charge in [0.15, 0.2) is 0 Å². The van der Waals surface area contributed by atoms with Gasteiger partial charge in [-0.1, -0.05) is 105 Å². The number of unbranched alkanes of at least 4 members (excludes halogenated alkanes) is 8. The van der Waals surface area contributed by atoms with E-state index in [1.54, 1.807) is 0 Å². The van der Waals surface area contributed by atoms with Crippen molar-refractivity contribution in [2.75, 3.05) is 0 Å². The molecule has 206 valence electrons. The molecule has 0 aromatic rings. The van der Waals surface area contributed by atoms with Crippen LogP contribution in [0, 0.1) is 17.3 Å². The maximum Gasteiger partial charge on any atom is 0.274 e. The molecule has 0 rings (SSSR count). The predicted molar refractivity (Wildman–Crippen MR) is 134 cm³/mol. The fourth-order valence-corrected chi connectivity index (χ4v) is 5.52. The highest BCUT2D eigenvalue weighted by Gasteiger charge is 2.47. The largest absolute Gasteiger partial charge is 0.549 e. The Bertz CT molecular complexity index is 630. The summed E-state index contributed by atoms with van der Waals surface area (Å²) in [6, 6.07) is 0. The van der Waals surface area contributed by atoms with Gasteiger partial charge in [0.1, 0.15) is 5.25 Å². The minimum Gasteiger partial charge on any atom is -0.549 e. The summed E-state index contributed by atoms with van der Waals surface area (Å²) in [7, 11) is -5.17. The van der Waals surface area contributed by atoms with Crippen LogP contribution < -0.4 is 22.5 Å². The van der Waals surface area contributed by atoms with Crippen molar-refractivity contribution in [3.05, 3.63) is 0 Å². The van der Waals surface area contributed by atoms with Crippen LogP contribution in [-0.2, 0) is 19.7 Å². The Hall–Kier alpha value is -1.23. The van der Waals surface area contributed by atoms with E-state index in [1.807, 2.05) is 0 Å². The first-order valence-electron chi connectivity index (χ1n) is 12.2. The first kappa shape index (κ1) is 37.3. The van der Waals surface area contributed by atoms with Gasteiger partial charge in [-0.15, -0.1) is 0 Å². The van der Waals surface area contributed by atoms with Crippen LogP contribution in [0.1, 0.15) is 118 Å². The molecule has 0 fully saturated rings. The van der Waals surface area contributed by atoms with E-state index in [-0.39, 0.29) is 25.1 Å². The van der Waals surface area contributed by atoms with Crippen LogP contribution >= 0.6 is 0 Å². The van der Waals surface area contributed by atoms with E-state index in [0.717, 1.165) is 51.4 Å². The fraction of sp³-hybridized carbons (Fsp3) is 0.917. The number of carboxylic acids is 2. The average molecular weight is 513 g/mol. The molecule has 34 heavy (non-hydrogen) atoms. The van der Waals surface area contributed by atoms with Crippen molar-refractivity contribution in [2.24, 2.45) is 17.3 Å². The van der Waals surface area contributed by atoms with Crippen LogP contribution in [0.3, 0.4) is 0 Å². The van der Waals surface area contributed by atoms with E-state index in [4.69, 9.17) is 0 Å². The molecule has 0 aromatic carbocycles. The van der Waals surface area contributed by atoms with Crippen LogP contribution in [0.25, 0.3) is 0 Å². The second kappa shape index (κ2) is 19.0. The third kappa shape index (κ3) is 14.9. The van der Waals surface area contributed by atoms with Crippen LogP contribution in [0.5, 0.6) is 0 Å². The molecular weight excluding hydrogens is 460 g/mol. The third-order valence-electron chi connectivity index (χ3n) is 6.23. The zero-order valence-electron chi connectivity index (χ0n) is 22.4. The van der Waals surface area contributed by atoms with Crippen LogP contribution in [0.2, 0.25) is 0 Å². The van der Waals surface area contributed by atoms with E-state index in [9.17, 15) is 32.8 Å². The quantitative estimate of drug-likeness (QED) is 0.159. The number of hydrogen-bond donors (Lipinski definition) is 3. The SMILES string of the molecule is CC(C)CCCCCCCC(CCCCCCCC(C)C)(C(=O)[O-])C(C(=O)[O-])S(=O)(=O)O.[NH4+].[NH4+]. The summed E-state index contributed by atoms with van der Waals surface area (Å²) >= 11 is 0. The molecule has 1 atom stereocenters. The summed E-state index contributed by atoms with van der Waals surface area (Å²) in [5, 5.41) is 21.2. The van der Waals surface area contributed by atoms with E-state index < -0.39 is 32.7 Å². The Morgan fingerprint density at radius 1 is 0.706 bits per heavy atom. The normalized spacial score (nSPS) is 12.8. The summed E-state index contributed by atoms with van der Waals surface area (Å²) in [6.45, 7) is 8.59. The minimum atomic E-state index is -5.17. The van der Waals surface area contributed by atoms with Gasteiger partial charge >= 0.3 is 0 Å². The molecule has 0 saturated carbocycles. The second-order valence-corrected chi connectivity index (χ2v) is 11.6. The van der Waals surface area contributed by atoms with E-state index in [1.165, 1.54) is 0 Å². The Morgan fingerprint density at radius 2 is 1.03 bits per heavy atom. The van der Waals surface area contributed by atoms with Crippen molar-refractivity contribution in [3.63, 3.8) is 0 Å². The molecule has 0 heterocycles. The number of carboxylic acid groups (broad SMARTS) is 2. The molecule has 0 aliphatic carbocycles. The Kier molecular flexibility index (Phi) is 20.9. The van der Waals surface area contributed by atoms with Gasteiger partial charge in [0.2, 0.25) is 0 Å². The monoisotopic (exact) mass is 512 g/mol. The van der Waals surface area contributed by atoms with Gasteiger partial charge in [-0.2, -0.15) is 8.42 Å².